The average Bonchev–Trinajstić information content (AvgIpc) is 2.48. The van der Waals surface area contributed by atoms with Gasteiger partial charge in [-0.25, -0.2) is 0 Å². The van der Waals surface area contributed by atoms with Crippen molar-refractivity contribution in [3.05, 3.63) is 35.4 Å². The summed E-state index contributed by atoms with van der Waals surface area (Å²) >= 11 is 3.42. The van der Waals surface area contributed by atoms with Crippen molar-refractivity contribution in [2.24, 2.45) is 5.92 Å². The Morgan fingerprint density at radius 2 is 1.81 bits per heavy atom. The molecule has 2 rings (SSSR count). The van der Waals surface area contributed by atoms with E-state index in [1.54, 1.807) is 0 Å². The standard InChI is InChI=1S/C17H24BrNO2/c1-17(2,15-7-9-19-10-8-15)21-16(20)11-13-3-5-14(12-18)6-4-13/h3-6,15,19H,7-12H2,1-2H3/p+1. The van der Waals surface area contributed by atoms with Gasteiger partial charge >= 0.3 is 5.97 Å². The quantitative estimate of drug-likeness (QED) is 0.651. The van der Waals surface area contributed by atoms with Gasteiger partial charge in [-0.15, -0.1) is 0 Å². The fourth-order valence-corrected chi connectivity index (χ4v) is 3.32. The first-order valence-corrected chi connectivity index (χ1v) is 8.80. The molecule has 1 aromatic rings. The number of carbonyl (C=O) groups is 1. The van der Waals surface area contributed by atoms with Gasteiger partial charge in [0.1, 0.15) is 5.60 Å². The molecular weight excluding hydrogens is 330 g/mol. The van der Waals surface area contributed by atoms with Crippen LogP contribution >= 0.6 is 15.9 Å². The van der Waals surface area contributed by atoms with Crippen molar-refractivity contribution in [1.82, 2.24) is 0 Å². The molecular formula is C17H25BrNO2+. The second-order valence-corrected chi connectivity index (χ2v) is 6.91. The summed E-state index contributed by atoms with van der Waals surface area (Å²) in [6.07, 6.45) is 2.60. The Morgan fingerprint density at radius 1 is 1.24 bits per heavy atom. The molecule has 1 aliphatic rings. The molecule has 21 heavy (non-hydrogen) atoms. The molecule has 1 aromatic carbocycles. The normalized spacial score (nSPS) is 16.7. The number of esters is 1. The number of piperidine rings is 1. The van der Waals surface area contributed by atoms with Crippen molar-refractivity contribution >= 4 is 21.9 Å². The van der Waals surface area contributed by atoms with E-state index in [4.69, 9.17) is 4.74 Å². The van der Waals surface area contributed by atoms with E-state index in [0.29, 0.717) is 12.3 Å². The van der Waals surface area contributed by atoms with Crippen molar-refractivity contribution in [1.29, 1.82) is 0 Å². The van der Waals surface area contributed by atoms with Gasteiger partial charge in [0.05, 0.1) is 19.5 Å². The summed E-state index contributed by atoms with van der Waals surface area (Å²) in [7, 11) is 0. The van der Waals surface area contributed by atoms with E-state index in [2.05, 4.69) is 35.1 Å². The molecule has 0 atom stereocenters. The molecule has 1 fully saturated rings. The van der Waals surface area contributed by atoms with Gasteiger partial charge < -0.3 is 10.1 Å². The number of quaternary nitrogens is 1. The lowest BCUT2D eigenvalue weighted by Gasteiger charge is -2.35. The van der Waals surface area contributed by atoms with Crippen molar-refractivity contribution in [2.45, 2.75) is 44.0 Å². The Bertz CT molecular complexity index is 464. The predicted octanol–water partition coefficient (Wildman–Crippen LogP) is 2.42. The molecule has 0 radical (unpaired) electrons. The molecule has 0 amide bonds. The first-order chi connectivity index (χ1) is 10.0. The van der Waals surface area contributed by atoms with Crippen LogP contribution in [-0.4, -0.2) is 24.7 Å². The largest absolute Gasteiger partial charge is 0.459 e. The Labute approximate surface area is 135 Å². The van der Waals surface area contributed by atoms with E-state index >= 15 is 0 Å². The molecule has 0 aromatic heterocycles. The zero-order valence-corrected chi connectivity index (χ0v) is 14.5. The maximum absolute atomic E-state index is 12.2. The highest BCUT2D eigenvalue weighted by Gasteiger charge is 2.35. The molecule has 0 unspecified atom stereocenters. The van der Waals surface area contributed by atoms with Crippen molar-refractivity contribution < 1.29 is 14.8 Å². The summed E-state index contributed by atoms with van der Waals surface area (Å²) in [5, 5.41) is 3.17. The Morgan fingerprint density at radius 3 is 2.38 bits per heavy atom. The molecule has 1 heterocycles. The van der Waals surface area contributed by atoms with Gasteiger partial charge in [-0.3, -0.25) is 4.79 Å². The number of rotatable bonds is 5. The molecule has 0 bridgehead atoms. The van der Waals surface area contributed by atoms with E-state index < -0.39 is 0 Å². The Balaban J connectivity index is 1.90. The lowest BCUT2D eigenvalue weighted by Crippen LogP contribution is -2.86. The second kappa shape index (κ2) is 7.41. The van der Waals surface area contributed by atoms with E-state index in [1.165, 1.54) is 5.56 Å². The summed E-state index contributed by atoms with van der Waals surface area (Å²) in [5.74, 6) is 0.350. The van der Waals surface area contributed by atoms with Gasteiger partial charge in [0, 0.05) is 24.1 Å². The van der Waals surface area contributed by atoms with Crippen molar-refractivity contribution in [3.63, 3.8) is 0 Å². The fraction of sp³-hybridized carbons (Fsp3) is 0.588. The van der Waals surface area contributed by atoms with Crippen molar-refractivity contribution in [3.8, 4) is 0 Å². The van der Waals surface area contributed by atoms with E-state index in [9.17, 15) is 4.79 Å². The molecule has 0 spiro atoms. The van der Waals surface area contributed by atoms with Gasteiger partial charge in [0.2, 0.25) is 0 Å². The fourth-order valence-electron chi connectivity index (χ4n) is 2.95. The molecule has 2 N–H and O–H groups in total. The minimum atomic E-state index is -0.360. The topological polar surface area (TPSA) is 42.9 Å². The zero-order valence-electron chi connectivity index (χ0n) is 12.9. The highest BCUT2D eigenvalue weighted by Crippen LogP contribution is 2.28. The van der Waals surface area contributed by atoms with E-state index in [-0.39, 0.29) is 11.6 Å². The van der Waals surface area contributed by atoms with Crippen LogP contribution < -0.4 is 5.32 Å². The van der Waals surface area contributed by atoms with Crippen molar-refractivity contribution in [2.75, 3.05) is 13.1 Å². The number of alkyl halides is 1. The monoisotopic (exact) mass is 354 g/mol. The highest BCUT2D eigenvalue weighted by atomic mass is 79.9. The third kappa shape index (κ3) is 4.82. The Kier molecular flexibility index (Phi) is 5.82. The number of hydrogen-bond donors (Lipinski definition) is 1. The van der Waals surface area contributed by atoms with Gasteiger partial charge in [0.15, 0.2) is 0 Å². The summed E-state index contributed by atoms with van der Waals surface area (Å²) in [6, 6.07) is 8.08. The van der Waals surface area contributed by atoms with Crippen LogP contribution in [0.2, 0.25) is 0 Å². The number of hydrogen-bond acceptors (Lipinski definition) is 2. The molecule has 0 saturated carbocycles. The first kappa shape index (κ1) is 16.5. The van der Waals surface area contributed by atoms with Crippen LogP contribution in [0, 0.1) is 5.92 Å². The number of ether oxygens (including phenoxy) is 1. The lowest BCUT2D eigenvalue weighted by atomic mass is 9.83. The van der Waals surface area contributed by atoms with Gasteiger partial charge in [-0.1, -0.05) is 40.2 Å². The molecule has 1 aliphatic heterocycles. The van der Waals surface area contributed by atoms with E-state index in [0.717, 1.165) is 36.8 Å². The Hall–Kier alpha value is -0.870. The number of carbonyl (C=O) groups excluding carboxylic acids is 1. The summed E-state index contributed by atoms with van der Waals surface area (Å²) in [5.41, 5.74) is 1.87. The molecule has 1 saturated heterocycles. The number of nitrogens with two attached hydrogens (primary N) is 1. The summed E-state index contributed by atoms with van der Waals surface area (Å²) in [4.78, 5) is 12.2. The van der Waals surface area contributed by atoms with Crippen LogP contribution in [0.25, 0.3) is 0 Å². The van der Waals surface area contributed by atoms with Crippen LogP contribution in [0.4, 0.5) is 0 Å². The minimum absolute atomic E-state index is 0.124. The maximum atomic E-state index is 12.2. The first-order valence-electron chi connectivity index (χ1n) is 7.68. The summed E-state index contributed by atoms with van der Waals surface area (Å²) < 4.78 is 5.78. The van der Waals surface area contributed by atoms with Crippen LogP contribution in [-0.2, 0) is 21.3 Å². The van der Waals surface area contributed by atoms with Gasteiger partial charge in [0.25, 0.3) is 0 Å². The lowest BCUT2D eigenvalue weighted by molar-refractivity contribution is -0.665. The molecule has 116 valence electrons. The summed E-state index contributed by atoms with van der Waals surface area (Å²) in [6.45, 7) is 6.38. The van der Waals surface area contributed by atoms with Gasteiger partial charge in [-0.05, 0) is 25.0 Å². The highest BCUT2D eigenvalue weighted by molar-refractivity contribution is 9.08. The molecule has 3 nitrogen and oxygen atoms in total. The SMILES string of the molecule is CC(C)(OC(=O)Cc1ccc(CBr)cc1)C1CC[NH2+]CC1. The minimum Gasteiger partial charge on any atom is -0.459 e. The van der Waals surface area contributed by atoms with Crippen LogP contribution in [0.1, 0.15) is 37.8 Å². The number of halogens is 1. The van der Waals surface area contributed by atoms with Crippen LogP contribution in [0.15, 0.2) is 24.3 Å². The predicted molar refractivity (Wildman–Crippen MR) is 87.3 cm³/mol. The third-order valence-corrected chi connectivity index (χ3v) is 4.97. The second-order valence-electron chi connectivity index (χ2n) is 6.34. The molecule has 0 aliphatic carbocycles. The average molecular weight is 355 g/mol. The smallest absolute Gasteiger partial charge is 0.310 e. The third-order valence-electron chi connectivity index (χ3n) is 4.32. The maximum Gasteiger partial charge on any atom is 0.310 e. The van der Waals surface area contributed by atoms with Crippen LogP contribution in [0.3, 0.4) is 0 Å². The van der Waals surface area contributed by atoms with Gasteiger partial charge in [-0.2, -0.15) is 0 Å². The zero-order chi connectivity index (χ0) is 15.3. The van der Waals surface area contributed by atoms with Crippen LogP contribution in [0.5, 0.6) is 0 Å². The molecule has 4 heteroatoms. The number of benzene rings is 1. The van der Waals surface area contributed by atoms with E-state index in [1.807, 2.05) is 24.3 Å².